The first-order valence-electron chi connectivity index (χ1n) is 7.13. The third kappa shape index (κ3) is 6.28. The number of aliphatic hydroxyl groups is 1. The van der Waals surface area contributed by atoms with Gasteiger partial charge in [-0.2, -0.15) is 0 Å². The highest BCUT2D eigenvalue weighted by atomic mass is 16.3. The van der Waals surface area contributed by atoms with Crippen LogP contribution in [0, 0.1) is 0 Å². The average molecular weight is 301 g/mol. The fourth-order valence-corrected chi connectivity index (χ4v) is 2.34. The maximum Gasteiger partial charge on any atom is 0.314 e. The first kappa shape index (κ1) is 17.7. The molecule has 8 heteroatoms. The molecular formula is C13H27N5O3. The van der Waals surface area contributed by atoms with Crippen molar-refractivity contribution in [2.24, 2.45) is 5.73 Å². The Morgan fingerprint density at radius 1 is 1.19 bits per heavy atom. The molecule has 0 aromatic heterocycles. The minimum atomic E-state index is -0.603. The Balaban J connectivity index is 2.31. The van der Waals surface area contributed by atoms with Crippen molar-refractivity contribution in [2.75, 3.05) is 67.0 Å². The molecule has 21 heavy (non-hydrogen) atoms. The monoisotopic (exact) mass is 301 g/mol. The SMILES string of the molecule is CN(C)C[C@H](O)CN1CCN(C(=O)CN(C)C(N)=O)CC1. The van der Waals surface area contributed by atoms with Crippen molar-refractivity contribution in [2.45, 2.75) is 6.10 Å². The van der Waals surface area contributed by atoms with Gasteiger partial charge in [0.2, 0.25) is 5.91 Å². The van der Waals surface area contributed by atoms with Gasteiger partial charge in [-0.05, 0) is 14.1 Å². The van der Waals surface area contributed by atoms with Gasteiger partial charge in [0.05, 0.1) is 6.10 Å². The maximum atomic E-state index is 12.0. The van der Waals surface area contributed by atoms with Gasteiger partial charge in [-0.3, -0.25) is 9.69 Å². The van der Waals surface area contributed by atoms with Gasteiger partial charge in [-0.1, -0.05) is 0 Å². The fraction of sp³-hybridized carbons (Fsp3) is 0.846. The number of primary amides is 1. The number of nitrogens with zero attached hydrogens (tertiary/aromatic N) is 4. The highest BCUT2D eigenvalue weighted by Gasteiger charge is 2.23. The van der Waals surface area contributed by atoms with Crippen LogP contribution in [-0.4, -0.2) is 110 Å². The Hall–Kier alpha value is -1.38. The number of piperazine rings is 1. The number of aliphatic hydroxyl groups excluding tert-OH is 1. The standard InChI is InChI=1S/C13H27N5O3/c1-15(2)8-11(19)9-17-4-6-18(7-5-17)12(20)10-16(3)13(14)21/h11,19H,4-10H2,1-3H3,(H2,14,21)/t11-/m0/s1. The second-order valence-corrected chi connectivity index (χ2v) is 5.79. The number of rotatable bonds is 6. The van der Waals surface area contributed by atoms with E-state index in [1.54, 1.807) is 4.90 Å². The average Bonchev–Trinajstić information content (AvgIpc) is 2.38. The summed E-state index contributed by atoms with van der Waals surface area (Å²) in [5.41, 5.74) is 5.11. The summed E-state index contributed by atoms with van der Waals surface area (Å²) in [5.74, 6) is -0.0928. The van der Waals surface area contributed by atoms with Crippen molar-refractivity contribution in [3.63, 3.8) is 0 Å². The zero-order valence-electron chi connectivity index (χ0n) is 13.2. The van der Waals surface area contributed by atoms with E-state index in [1.807, 2.05) is 19.0 Å². The third-order valence-electron chi connectivity index (χ3n) is 3.52. The van der Waals surface area contributed by atoms with E-state index in [-0.39, 0.29) is 18.6 Å². The van der Waals surface area contributed by atoms with Crippen LogP contribution < -0.4 is 5.73 Å². The summed E-state index contributed by atoms with van der Waals surface area (Å²) in [4.78, 5) is 29.9. The van der Waals surface area contributed by atoms with Gasteiger partial charge in [-0.15, -0.1) is 0 Å². The molecule has 0 aromatic rings. The van der Waals surface area contributed by atoms with Crippen molar-refractivity contribution >= 4 is 11.9 Å². The summed E-state index contributed by atoms with van der Waals surface area (Å²) >= 11 is 0. The normalized spacial score (nSPS) is 17.9. The molecule has 0 radical (unpaired) electrons. The lowest BCUT2D eigenvalue weighted by molar-refractivity contribution is -0.133. The van der Waals surface area contributed by atoms with Crippen molar-refractivity contribution < 1.29 is 14.7 Å². The van der Waals surface area contributed by atoms with Crippen molar-refractivity contribution in [1.82, 2.24) is 19.6 Å². The number of β-amino-alcohol motifs (C(OH)–C–C–N with tert-alkyl or cyclic N) is 1. The van der Waals surface area contributed by atoms with Crippen LogP contribution in [0.2, 0.25) is 0 Å². The molecule has 1 rings (SSSR count). The Bertz CT molecular complexity index is 356. The van der Waals surface area contributed by atoms with Crippen LogP contribution in [0.15, 0.2) is 0 Å². The molecule has 1 heterocycles. The molecule has 3 amide bonds. The van der Waals surface area contributed by atoms with Gasteiger partial charge in [-0.25, -0.2) is 4.79 Å². The summed E-state index contributed by atoms with van der Waals surface area (Å²) < 4.78 is 0. The Morgan fingerprint density at radius 2 is 1.76 bits per heavy atom. The number of carbonyl (C=O) groups is 2. The molecule has 8 nitrogen and oxygen atoms in total. The van der Waals surface area contributed by atoms with E-state index in [2.05, 4.69) is 4.90 Å². The maximum absolute atomic E-state index is 12.0. The van der Waals surface area contributed by atoms with E-state index in [0.717, 1.165) is 13.1 Å². The minimum Gasteiger partial charge on any atom is -0.390 e. The quantitative estimate of drug-likeness (QED) is 0.595. The van der Waals surface area contributed by atoms with Gasteiger partial charge < -0.3 is 25.5 Å². The molecule has 1 saturated heterocycles. The van der Waals surface area contributed by atoms with E-state index < -0.39 is 6.03 Å². The molecule has 0 saturated carbocycles. The van der Waals surface area contributed by atoms with Crippen LogP contribution in [0.1, 0.15) is 0 Å². The van der Waals surface area contributed by atoms with E-state index in [1.165, 1.54) is 11.9 Å². The lowest BCUT2D eigenvalue weighted by Crippen LogP contribution is -2.53. The molecule has 0 spiro atoms. The van der Waals surface area contributed by atoms with Crippen LogP contribution in [-0.2, 0) is 4.79 Å². The molecule has 1 atom stereocenters. The summed E-state index contributed by atoms with van der Waals surface area (Å²) in [6.45, 7) is 3.94. The van der Waals surface area contributed by atoms with Crippen LogP contribution in [0.4, 0.5) is 4.79 Å². The molecule has 1 aliphatic heterocycles. The lowest BCUT2D eigenvalue weighted by atomic mass is 10.2. The van der Waals surface area contributed by atoms with Gasteiger partial charge in [0, 0.05) is 46.3 Å². The Kier molecular flexibility index (Phi) is 6.86. The number of hydrogen-bond donors (Lipinski definition) is 2. The molecule has 0 aliphatic carbocycles. The molecule has 1 aliphatic rings. The summed E-state index contributed by atoms with van der Waals surface area (Å²) in [6, 6.07) is -0.603. The molecule has 0 unspecified atom stereocenters. The summed E-state index contributed by atoms with van der Waals surface area (Å²) in [6.07, 6.45) is -0.386. The highest BCUT2D eigenvalue weighted by molar-refractivity contribution is 5.83. The van der Waals surface area contributed by atoms with E-state index in [0.29, 0.717) is 26.2 Å². The number of carbonyl (C=O) groups excluding carboxylic acids is 2. The molecule has 0 bridgehead atoms. The van der Waals surface area contributed by atoms with Gasteiger partial charge >= 0.3 is 6.03 Å². The number of likely N-dealkylation sites (N-methyl/N-ethyl adjacent to an activating group) is 2. The van der Waals surface area contributed by atoms with Crippen LogP contribution >= 0.6 is 0 Å². The van der Waals surface area contributed by atoms with Crippen LogP contribution in [0.3, 0.4) is 0 Å². The Morgan fingerprint density at radius 3 is 2.24 bits per heavy atom. The zero-order chi connectivity index (χ0) is 16.0. The lowest BCUT2D eigenvalue weighted by Gasteiger charge is -2.36. The van der Waals surface area contributed by atoms with Crippen molar-refractivity contribution in [3.05, 3.63) is 0 Å². The molecule has 0 aromatic carbocycles. The van der Waals surface area contributed by atoms with E-state index >= 15 is 0 Å². The smallest absolute Gasteiger partial charge is 0.314 e. The number of nitrogens with two attached hydrogens (primary N) is 1. The van der Waals surface area contributed by atoms with Crippen molar-refractivity contribution in [3.8, 4) is 0 Å². The third-order valence-corrected chi connectivity index (χ3v) is 3.52. The minimum absolute atomic E-state index is 0.0125. The summed E-state index contributed by atoms with van der Waals surface area (Å²) in [5, 5.41) is 9.91. The number of amides is 3. The van der Waals surface area contributed by atoms with Gasteiger partial charge in [0.1, 0.15) is 6.54 Å². The largest absolute Gasteiger partial charge is 0.390 e. The molecular weight excluding hydrogens is 274 g/mol. The second-order valence-electron chi connectivity index (χ2n) is 5.79. The van der Waals surface area contributed by atoms with E-state index in [9.17, 15) is 14.7 Å². The first-order valence-corrected chi connectivity index (χ1v) is 7.13. The molecule has 1 fully saturated rings. The molecule has 3 N–H and O–H groups in total. The number of urea groups is 1. The molecule has 122 valence electrons. The highest BCUT2D eigenvalue weighted by Crippen LogP contribution is 2.04. The first-order chi connectivity index (χ1) is 9.79. The predicted molar refractivity (Wildman–Crippen MR) is 79.8 cm³/mol. The topological polar surface area (TPSA) is 93.3 Å². The predicted octanol–water partition coefficient (Wildman–Crippen LogP) is -1.94. The van der Waals surface area contributed by atoms with Crippen molar-refractivity contribution in [1.29, 1.82) is 0 Å². The van der Waals surface area contributed by atoms with Crippen LogP contribution in [0.25, 0.3) is 0 Å². The summed E-state index contributed by atoms with van der Waals surface area (Å²) in [7, 11) is 5.36. The van der Waals surface area contributed by atoms with E-state index in [4.69, 9.17) is 5.73 Å². The Labute approximate surface area is 126 Å². The number of hydrogen-bond acceptors (Lipinski definition) is 5. The van der Waals surface area contributed by atoms with Gasteiger partial charge in [0.15, 0.2) is 0 Å². The second kappa shape index (κ2) is 8.16. The van der Waals surface area contributed by atoms with Gasteiger partial charge in [0.25, 0.3) is 0 Å². The fourth-order valence-electron chi connectivity index (χ4n) is 2.34. The zero-order valence-corrected chi connectivity index (χ0v) is 13.2. The van der Waals surface area contributed by atoms with Crippen LogP contribution in [0.5, 0.6) is 0 Å².